The summed E-state index contributed by atoms with van der Waals surface area (Å²) in [6.45, 7) is 4.30. The van der Waals surface area contributed by atoms with E-state index in [1.54, 1.807) is 30.5 Å². The summed E-state index contributed by atoms with van der Waals surface area (Å²) in [5.41, 5.74) is 3.11. The number of nitrogens with zero attached hydrogens (tertiary/aromatic N) is 3. The van der Waals surface area contributed by atoms with Crippen molar-refractivity contribution in [2.45, 2.75) is 20.5 Å². The molecule has 0 saturated carbocycles. The Morgan fingerprint density at radius 2 is 1.97 bits per heavy atom. The summed E-state index contributed by atoms with van der Waals surface area (Å²) < 4.78 is 13.5. The minimum absolute atomic E-state index is 0.205. The molecule has 0 saturated heterocycles. The van der Waals surface area contributed by atoms with Crippen LogP contribution in [0.15, 0.2) is 58.0 Å². The normalized spacial score (nSPS) is 11.4. The van der Waals surface area contributed by atoms with Gasteiger partial charge in [-0.1, -0.05) is 29.3 Å². The highest BCUT2D eigenvalue weighted by molar-refractivity contribution is 7.71. The van der Waals surface area contributed by atoms with Crippen LogP contribution in [0.2, 0.25) is 10.0 Å². The zero-order valence-electron chi connectivity index (χ0n) is 16.7. The van der Waals surface area contributed by atoms with Gasteiger partial charge in [0.2, 0.25) is 4.77 Å². The first-order valence-electron chi connectivity index (χ1n) is 9.36. The zero-order valence-corrected chi connectivity index (χ0v) is 19.1. The Bertz CT molecular complexity index is 1320. The predicted octanol–water partition coefficient (Wildman–Crippen LogP) is 6.59. The molecule has 0 radical (unpaired) electrons. The topological polar surface area (TPSA) is 68.3 Å². The summed E-state index contributed by atoms with van der Waals surface area (Å²) in [6.07, 6.45) is 1.55. The second-order valence-electron chi connectivity index (χ2n) is 6.86. The highest BCUT2D eigenvalue weighted by Gasteiger charge is 2.10. The number of aryl methyl sites for hydroxylation is 2. The van der Waals surface area contributed by atoms with Gasteiger partial charge in [0.15, 0.2) is 5.82 Å². The fourth-order valence-electron chi connectivity index (χ4n) is 2.86. The van der Waals surface area contributed by atoms with Gasteiger partial charge < -0.3 is 9.15 Å². The van der Waals surface area contributed by atoms with E-state index < -0.39 is 0 Å². The summed E-state index contributed by atoms with van der Waals surface area (Å²) in [5.74, 6) is 2.43. The maximum absolute atomic E-state index is 6.25. The van der Waals surface area contributed by atoms with Crippen LogP contribution in [0.3, 0.4) is 0 Å². The lowest BCUT2D eigenvalue weighted by Crippen LogP contribution is -2.04. The average molecular weight is 473 g/mol. The molecule has 9 heteroatoms. The van der Waals surface area contributed by atoms with E-state index in [2.05, 4.69) is 22.2 Å². The molecule has 0 spiro atoms. The number of halogens is 2. The van der Waals surface area contributed by atoms with Gasteiger partial charge in [0, 0.05) is 10.6 Å². The number of ether oxygens (including phenoxy) is 1. The maximum Gasteiger partial charge on any atom is 0.216 e. The molecule has 0 aliphatic carbocycles. The van der Waals surface area contributed by atoms with Crippen LogP contribution in [-0.2, 0) is 6.61 Å². The fraction of sp³-hybridized carbons (Fsp3) is 0.136. The number of furan rings is 1. The second kappa shape index (κ2) is 9.09. The third kappa shape index (κ3) is 4.90. The van der Waals surface area contributed by atoms with Crippen molar-refractivity contribution in [2.75, 3.05) is 0 Å². The molecule has 0 atom stereocenters. The molecular weight excluding hydrogens is 455 g/mol. The first-order valence-corrected chi connectivity index (χ1v) is 10.5. The molecule has 6 nitrogen and oxygen atoms in total. The molecular formula is C22H18Cl2N4O2S. The van der Waals surface area contributed by atoms with Gasteiger partial charge in [-0.05, 0) is 79.7 Å². The van der Waals surface area contributed by atoms with Gasteiger partial charge in [-0.25, -0.2) is 5.10 Å². The van der Waals surface area contributed by atoms with E-state index in [1.807, 2.05) is 31.2 Å². The van der Waals surface area contributed by atoms with E-state index in [-0.39, 0.29) is 6.61 Å². The van der Waals surface area contributed by atoms with E-state index in [9.17, 15) is 0 Å². The Labute approximate surface area is 194 Å². The van der Waals surface area contributed by atoms with E-state index in [4.69, 9.17) is 44.6 Å². The molecule has 4 rings (SSSR count). The maximum atomic E-state index is 6.25. The van der Waals surface area contributed by atoms with Gasteiger partial charge in [-0.3, -0.25) is 0 Å². The number of aromatic nitrogens is 3. The van der Waals surface area contributed by atoms with E-state index in [0.29, 0.717) is 32.2 Å². The Balaban J connectivity index is 1.51. The third-order valence-corrected chi connectivity index (χ3v) is 5.50. The minimum atomic E-state index is 0.205. The van der Waals surface area contributed by atoms with E-state index in [1.165, 1.54) is 10.2 Å². The molecule has 0 amide bonds. The lowest BCUT2D eigenvalue weighted by Gasteiger charge is -2.07. The zero-order chi connectivity index (χ0) is 22.0. The standard InChI is InChI=1S/C22H18Cl2N4O2S/c1-13-3-5-16(9-14(13)2)29-12-21-26-27-22(31)28(21)25-11-17-6-8-20(30-17)18-7-4-15(23)10-19(18)24/h3-11H,12H2,1-2H3,(H,27,31)/b25-11+. The molecule has 0 bridgehead atoms. The van der Waals surface area contributed by atoms with Gasteiger partial charge in [-0.2, -0.15) is 14.9 Å². The lowest BCUT2D eigenvalue weighted by molar-refractivity contribution is 0.290. The molecule has 31 heavy (non-hydrogen) atoms. The molecule has 1 N–H and O–H groups in total. The van der Waals surface area contributed by atoms with Gasteiger partial charge in [0.1, 0.15) is 23.9 Å². The van der Waals surface area contributed by atoms with Crippen LogP contribution in [0, 0.1) is 18.6 Å². The summed E-state index contributed by atoms with van der Waals surface area (Å²) >= 11 is 17.5. The number of H-pyrrole nitrogens is 1. The minimum Gasteiger partial charge on any atom is -0.486 e. The molecule has 0 aliphatic rings. The van der Waals surface area contributed by atoms with Crippen molar-refractivity contribution in [1.29, 1.82) is 0 Å². The predicted molar refractivity (Wildman–Crippen MR) is 125 cm³/mol. The summed E-state index contributed by atoms with van der Waals surface area (Å²) in [5, 5.41) is 12.4. The quantitative estimate of drug-likeness (QED) is 0.254. The highest BCUT2D eigenvalue weighted by Crippen LogP contribution is 2.31. The number of nitrogens with one attached hydrogen (secondary N) is 1. The van der Waals surface area contributed by atoms with Crippen molar-refractivity contribution in [1.82, 2.24) is 14.9 Å². The molecule has 0 fully saturated rings. The van der Waals surface area contributed by atoms with Crippen molar-refractivity contribution in [2.24, 2.45) is 5.10 Å². The van der Waals surface area contributed by atoms with Crippen molar-refractivity contribution < 1.29 is 9.15 Å². The first-order chi connectivity index (χ1) is 14.9. The Morgan fingerprint density at radius 3 is 2.74 bits per heavy atom. The Kier molecular flexibility index (Phi) is 6.27. The molecule has 0 unspecified atom stereocenters. The van der Waals surface area contributed by atoms with Crippen LogP contribution < -0.4 is 4.74 Å². The Morgan fingerprint density at radius 1 is 1.13 bits per heavy atom. The lowest BCUT2D eigenvalue weighted by atomic mass is 10.1. The molecule has 2 heterocycles. The molecule has 2 aromatic carbocycles. The van der Waals surface area contributed by atoms with Crippen molar-refractivity contribution in [3.8, 4) is 17.1 Å². The Hall–Kier alpha value is -2.87. The molecule has 158 valence electrons. The van der Waals surface area contributed by atoms with Crippen LogP contribution >= 0.6 is 35.4 Å². The molecule has 4 aromatic rings. The number of hydrogen-bond acceptors (Lipinski definition) is 5. The van der Waals surface area contributed by atoms with Crippen molar-refractivity contribution >= 4 is 41.6 Å². The SMILES string of the molecule is Cc1ccc(OCc2n[nH]c(=S)n2/N=C/c2ccc(-c3ccc(Cl)cc3Cl)o2)cc1C. The smallest absolute Gasteiger partial charge is 0.216 e. The van der Waals surface area contributed by atoms with Crippen LogP contribution in [0.25, 0.3) is 11.3 Å². The average Bonchev–Trinajstić information content (AvgIpc) is 3.34. The highest BCUT2D eigenvalue weighted by atomic mass is 35.5. The monoisotopic (exact) mass is 472 g/mol. The fourth-order valence-corrected chi connectivity index (χ4v) is 3.56. The van der Waals surface area contributed by atoms with Crippen LogP contribution in [-0.4, -0.2) is 21.1 Å². The number of hydrogen-bond donors (Lipinski definition) is 1. The summed E-state index contributed by atoms with van der Waals surface area (Å²) in [6, 6.07) is 14.8. The van der Waals surface area contributed by atoms with Crippen molar-refractivity contribution in [3.05, 3.63) is 86.1 Å². The first kappa shape index (κ1) is 21.4. The van der Waals surface area contributed by atoms with Crippen LogP contribution in [0.1, 0.15) is 22.7 Å². The number of aromatic amines is 1. The van der Waals surface area contributed by atoms with E-state index >= 15 is 0 Å². The van der Waals surface area contributed by atoms with Crippen molar-refractivity contribution in [3.63, 3.8) is 0 Å². The van der Waals surface area contributed by atoms with Crippen LogP contribution in [0.4, 0.5) is 0 Å². The van der Waals surface area contributed by atoms with Gasteiger partial charge in [0.25, 0.3) is 0 Å². The van der Waals surface area contributed by atoms with Crippen LogP contribution in [0.5, 0.6) is 5.75 Å². The number of benzene rings is 2. The molecule has 0 aliphatic heterocycles. The largest absolute Gasteiger partial charge is 0.486 e. The third-order valence-electron chi connectivity index (χ3n) is 4.69. The summed E-state index contributed by atoms with van der Waals surface area (Å²) in [7, 11) is 0. The molecule has 2 aromatic heterocycles. The van der Waals surface area contributed by atoms with Gasteiger partial charge in [0.05, 0.1) is 11.2 Å². The summed E-state index contributed by atoms with van der Waals surface area (Å²) in [4.78, 5) is 0. The van der Waals surface area contributed by atoms with E-state index in [0.717, 1.165) is 16.9 Å². The van der Waals surface area contributed by atoms with Gasteiger partial charge in [-0.15, -0.1) is 0 Å². The second-order valence-corrected chi connectivity index (χ2v) is 8.09. The number of rotatable bonds is 6. The van der Waals surface area contributed by atoms with Gasteiger partial charge >= 0.3 is 0 Å².